The molecule has 0 radical (unpaired) electrons. The Hall–Kier alpha value is -2.97. The maximum Gasteiger partial charge on any atom is 0.155 e. The van der Waals surface area contributed by atoms with Crippen LogP contribution in [0.15, 0.2) is 36.7 Å². The first-order valence-corrected chi connectivity index (χ1v) is 9.35. The van der Waals surface area contributed by atoms with Gasteiger partial charge in [0.2, 0.25) is 0 Å². The maximum atomic E-state index is 11.7. The fraction of sp³-hybridized carbons (Fsp3) is 0.350. The minimum atomic E-state index is -0.209. The number of rotatable bonds is 3. The average Bonchev–Trinajstić information content (AvgIpc) is 3.01. The molecule has 0 bridgehead atoms. The molecule has 2 aliphatic rings. The Labute approximate surface area is 161 Å². The standard InChI is InChI=1S/C20H21N5O3/c21-19-18-17(27)9-16(25(18)23-12-22-19)13-2-1-3-14(8-13)20(10-28-11-20)24-6-4-15(26)5-7-24/h1-3,8-9,12,27H,4-7,10-11H2,(H2,21,22,23). The molecule has 8 nitrogen and oxygen atoms in total. The number of ketones is 1. The predicted molar refractivity (Wildman–Crippen MR) is 103 cm³/mol. The number of hydrogen-bond acceptors (Lipinski definition) is 7. The minimum Gasteiger partial charge on any atom is -0.505 e. The van der Waals surface area contributed by atoms with Gasteiger partial charge < -0.3 is 15.6 Å². The zero-order chi connectivity index (χ0) is 19.3. The third-order valence-corrected chi connectivity index (χ3v) is 5.87. The van der Waals surface area contributed by atoms with E-state index in [0.717, 1.165) is 29.9 Å². The van der Waals surface area contributed by atoms with Crippen molar-refractivity contribution >= 4 is 17.1 Å². The summed E-state index contributed by atoms with van der Waals surface area (Å²) in [5, 5.41) is 14.6. The van der Waals surface area contributed by atoms with Crippen LogP contribution in [0.3, 0.4) is 0 Å². The van der Waals surface area contributed by atoms with E-state index in [9.17, 15) is 9.90 Å². The van der Waals surface area contributed by atoms with Crippen LogP contribution >= 0.6 is 0 Å². The van der Waals surface area contributed by atoms with Gasteiger partial charge in [-0.3, -0.25) is 9.69 Å². The second-order valence-corrected chi connectivity index (χ2v) is 7.45. The lowest BCUT2D eigenvalue weighted by Crippen LogP contribution is -2.61. The Morgan fingerprint density at radius 3 is 2.68 bits per heavy atom. The fourth-order valence-electron chi connectivity index (χ4n) is 4.23. The maximum absolute atomic E-state index is 11.7. The first-order chi connectivity index (χ1) is 13.6. The van der Waals surface area contributed by atoms with Crippen LogP contribution in [-0.2, 0) is 15.1 Å². The van der Waals surface area contributed by atoms with Crippen LogP contribution in [0.4, 0.5) is 5.82 Å². The number of nitrogen functional groups attached to an aromatic ring is 1. The highest BCUT2D eigenvalue weighted by Crippen LogP contribution is 2.40. The number of carbonyl (C=O) groups excluding carboxylic acids is 1. The number of Topliss-reactive ketones (excluding diaryl/α,β-unsaturated/α-hetero) is 1. The van der Waals surface area contributed by atoms with Gasteiger partial charge >= 0.3 is 0 Å². The molecule has 0 unspecified atom stereocenters. The largest absolute Gasteiger partial charge is 0.505 e. The Balaban J connectivity index is 1.57. The number of benzene rings is 1. The molecule has 3 aromatic rings. The molecule has 2 saturated heterocycles. The summed E-state index contributed by atoms with van der Waals surface area (Å²) in [6.07, 6.45) is 2.56. The highest BCUT2D eigenvalue weighted by Gasteiger charge is 2.46. The third-order valence-electron chi connectivity index (χ3n) is 5.87. The summed E-state index contributed by atoms with van der Waals surface area (Å²) >= 11 is 0. The van der Waals surface area contributed by atoms with Gasteiger partial charge in [0.1, 0.15) is 23.4 Å². The molecule has 3 N–H and O–H groups in total. The summed E-state index contributed by atoms with van der Waals surface area (Å²) < 4.78 is 7.21. The summed E-state index contributed by atoms with van der Waals surface area (Å²) in [6, 6.07) is 9.85. The van der Waals surface area contributed by atoms with E-state index in [1.54, 1.807) is 10.6 Å². The molecule has 2 aromatic heterocycles. The van der Waals surface area contributed by atoms with Crippen LogP contribution in [0.1, 0.15) is 18.4 Å². The molecule has 2 aliphatic heterocycles. The van der Waals surface area contributed by atoms with Gasteiger partial charge in [0.15, 0.2) is 5.82 Å². The lowest BCUT2D eigenvalue weighted by Gasteiger charge is -2.51. The molecule has 2 fully saturated rings. The second kappa shape index (κ2) is 6.29. The lowest BCUT2D eigenvalue weighted by atomic mass is 9.83. The van der Waals surface area contributed by atoms with Gasteiger partial charge in [-0.25, -0.2) is 9.50 Å². The molecule has 8 heteroatoms. The number of hydrogen-bond donors (Lipinski definition) is 2. The topological polar surface area (TPSA) is 106 Å². The van der Waals surface area contributed by atoms with Gasteiger partial charge in [-0.2, -0.15) is 5.10 Å². The predicted octanol–water partition coefficient (Wildman–Crippen LogP) is 1.57. The summed E-state index contributed by atoms with van der Waals surface area (Å²) in [5.74, 6) is 0.610. The number of aromatic nitrogens is 3. The van der Waals surface area contributed by atoms with Gasteiger partial charge in [0, 0.05) is 37.6 Å². The van der Waals surface area contributed by atoms with Crippen LogP contribution in [0.2, 0.25) is 0 Å². The van der Waals surface area contributed by atoms with Crippen LogP contribution < -0.4 is 5.73 Å². The number of anilines is 1. The van der Waals surface area contributed by atoms with E-state index < -0.39 is 0 Å². The molecule has 0 spiro atoms. The van der Waals surface area contributed by atoms with Crippen molar-refractivity contribution in [3.05, 3.63) is 42.2 Å². The number of carbonyl (C=O) groups is 1. The van der Waals surface area contributed by atoms with Crippen molar-refractivity contribution in [2.45, 2.75) is 18.4 Å². The van der Waals surface area contributed by atoms with Crippen molar-refractivity contribution in [1.82, 2.24) is 19.5 Å². The molecule has 144 valence electrons. The van der Waals surface area contributed by atoms with Crippen molar-refractivity contribution in [3.63, 3.8) is 0 Å². The molecule has 0 amide bonds. The van der Waals surface area contributed by atoms with Gasteiger partial charge in [0.05, 0.1) is 24.4 Å². The van der Waals surface area contributed by atoms with Crippen molar-refractivity contribution in [2.24, 2.45) is 0 Å². The zero-order valence-corrected chi connectivity index (χ0v) is 15.3. The van der Waals surface area contributed by atoms with E-state index in [0.29, 0.717) is 37.4 Å². The van der Waals surface area contributed by atoms with Gasteiger partial charge in [0.25, 0.3) is 0 Å². The summed E-state index contributed by atoms with van der Waals surface area (Å²) in [6.45, 7) is 2.73. The van der Waals surface area contributed by atoms with E-state index >= 15 is 0 Å². The van der Waals surface area contributed by atoms with E-state index in [1.807, 2.05) is 12.1 Å². The number of ether oxygens (including phenoxy) is 1. The van der Waals surface area contributed by atoms with Crippen molar-refractivity contribution in [3.8, 4) is 17.0 Å². The van der Waals surface area contributed by atoms with Gasteiger partial charge in [-0.15, -0.1) is 0 Å². The van der Waals surface area contributed by atoms with E-state index in [-0.39, 0.29) is 17.1 Å². The highest BCUT2D eigenvalue weighted by molar-refractivity contribution is 5.81. The van der Waals surface area contributed by atoms with Crippen molar-refractivity contribution in [2.75, 3.05) is 32.0 Å². The molecule has 28 heavy (non-hydrogen) atoms. The monoisotopic (exact) mass is 379 g/mol. The highest BCUT2D eigenvalue weighted by atomic mass is 16.5. The Kier molecular flexibility index (Phi) is 3.85. The van der Waals surface area contributed by atoms with E-state index in [1.165, 1.54) is 6.33 Å². The summed E-state index contributed by atoms with van der Waals surface area (Å²) in [7, 11) is 0. The van der Waals surface area contributed by atoms with Crippen LogP contribution in [0, 0.1) is 0 Å². The number of aromatic hydroxyl groups is 1. The molecule has 4 heterocycles. The number of nitrogens with two attached hydrogens (primary N) is 1. The van der Waals surface area contributed by atoms with Crippen LogP contribution in [0.5, 0.6) is 5.75 Å². The van der Waals surface area contributed by atoms with Crippen LogP contribution in [-0.4, -0.2) is 56.7 Å². The number of fused-ring (bicyclic) bond motifs is 1. The number of nitrogens with zero attached hydrogens (tertiary/aromatic N) is 4. The van der Waals surface area contributed by atoms with Crippen LogP contribution in [0.25, 0.3) is 16.8 Å². The van der Waals surface area contributed by atoms with Crippen molar-refractivity contribution in [1.29, 1.82) is 0 Å². The Morgan fingerprint density at radius 1 is 1.18 bits per heavy atom. The zero-order valence-electron chi connectivity index (χ0n) is 15.3. The number of piperidine rings is 1. The molecule has 0 saturated carbocycles. The Morgan fingerprint density at radius 2 is 1.96 bits per heavy atom. The first-order valence-electron chi connectivity index (χ1n) is 9.35. The average molecular weight is 379 g/mol. The molecule has 1 aromatic carbocycles. The quantitative estimate of drug-likeness (QED) is 0.711. The second-order valence-electron chi connectivity index (χ2n) is 7.45. The summed E-state index contributed by atoms with van der Waals surface area (Å²) in [4.78, 5) is 18.0. The van der Waals surface area contributed by atoms with Crippen molar-refractivity contribution < 1.29 is 14.6 Å². The first kappa shape index (κ1) is 17.2. The minimum absolute atomic E-state index is 0.0507. The van der Waals surface area contributed by atoms with Gasteiger partial charge in [-0.05, 0) is 11.6 Å². The Bertz CT molecular complexity index is 1060. The fourth-order valence-corrected chi connectivity index (χ4v) is 4.23. The SMILES string of the molecule is Nc1ncnn2c(-c3cccc(C4(N5CCC(=O)CC5)COC4)c3)cc(O)c12. The van der Waals surface area contributed by atoms with E-state index in [2.05, 4.69) is 27.1 Å². The molecular weight excluding hydrogens is 358 g/mol. The third kappa shape index (κ3) is 2.49. The normalized spacial score (nSPS) is 19.6. The smallest absolute Gasteiger partial charge is 0.155 e. The molecule has 0 aliphatic carbocycles. The molecule has 5 rings (SSSR count). The molecular formula is C20H21N5O3. The number of likely N-dealkylation sites (tertiary alicyclic amines) is 1. The molecule has 0 atom stereocenters. The summed E-state index contributed by atoms with van der Waals surface area (Å²) in [5.41, 5.74) is 8.90. The van der Waals surface area contributed by atoms with E-state index in [4.69, 9.17) is 10.5 Å². The van der Waals surface area contributed by atoms with Gasteiger partial charge in [-0.1, -0.05) is 18.2 Å². The lowest BCUT2D eigenvalue weighted by molar-refractivity contribution is -0.156.